The Hall–Kier alpha value is -3.03. The Kier molecular flexibility index (Phi) is 7.32. The first-order valence-corrected chi connectivity index (χ1v) is 9.79. The lowest BCUT2D eigenvalue weighted by molar-refractivity contribution is -0.122. The number of halogens is 3. The average molecular weight is 420 g/mol. The number of aryl methyl sites for hydroxylation is 1. The van der Waals surface area contributed by atoms with Crippen molar-refractivity contribution in [3.8, 4) is 5.75 Å². The molecular weight excluding hydrogens is 397 g/mol. The van der Waals surface area contributed by atoms with Gasteiger partial charge in [-0.3, -0.25) is 9.59 Å². The summed E-state index contributed by atoms with van der Waals surface area (Å²) in [4.78, 5) is 26.3. The first-order chi connectivity index (χ1) is 14.4. The Morgan fingerprint density at radius 2 is 1.73 bits per heavy atom. The summed E-state index contributed by atoms with van der Waals surface area (Å²) in [5.41, 5.74) is 0.905. The number of carbonyl (C=O) groups excluding carboxylic acids is 2. The van der Waals surface area contributed by atoms with Crippen molar-refractivity contribution in [2.45, 2.75) is 38.3 Å². The predicted octanol–water partition coefficient (Wildman–Crippen LogP) is 3.78. The number of hydrogen-bond acceptors (Lipinski definition) is 3. The van der Waals surface area contributed by atoms with Gasteiger partial charge in [0.2, 0.25) is 5.91 Å². The maximum Gasteiger partial charge on any atom is 0.387 e. The van der Waals surface area contributed by atoms with E-state index in [-0.39, 0.29) is 35.6 Å². The number of nitrogens with zero attached hydrogens (tertiary/aromatic N) is 1. The van der Waals surface area contributed by atoms with E-state index in [1.165, 1.54) is 24.3 Å². The lowest BCUT2D eigenvalue weighted by Crippen LogP contribution is -2.46. The zero-order chi connectivity index (χ0) is 21.5. The second-order valence-corrected chi connectivity index (χ2v) is 7.14. The summed E-state index contributed by atoms with van der Waals surface area (Å²) in [5, 5.41) is 2.96. The minimum Gasteiger partial charge on any atom is -0.435 e. The van der Waals surface area contributed by atoms with Crippen LogP contribution in [0.5, 0.6) is 5.75 Å². The number of alkyl halides is 2. The molecule has 1 fully saturated rings. The minimum atomic E-state index is -2.87. The smallest absolute Gasteiger partial charge is 0.387 e. The Morgan fingerprint density at radius 3 is 2.37 bits per heavy atom. The SMILES string of the molecule is O=C(CCc1ccc(OC(F)F)cc1)NC1CCN(C(=O)c2ccccc2F)CC1. The van der Waals surface area contributed by atoms with Crippen molar-refractivity contribution < 1.29 is 27.5 Å². The van der Waals surface area contributed by atoms with Crippen molar-refractivity contribution in [1.82, 2.24) is 10.2 Å². The first kappa shape index (κ1) is 21.7. The number of hydrogen-bond donors (Lipinski definition) is 1. The molecule has 1 aliphatic rings. The molecule has 1 N–H and O–H groups in total. The molecule has 0 atom stereocenters. The van der Waals surface area contributed by atoms with Crippen LogP contribution in [0, 0.1) is 5.82 Å². The topological polar surface area (TPSA) is 58.6 Å². The van der Waals surface area contributed by atoms with Gasteiger partial charge in [0.15, 0.2) is 0 Å². The molecule has 1 saturated heterocycles. The molecule has 1 aliphatic heterocycles. The molecule has 2 amide bonds. The summed E-state index contributed by atoms with van der Waals surface area (Å²) in [7, 11) is 0. The van der Waals surface area contributed by atoms with Crippen molar-refractivity contribution >= 4 is 11.8 Å². The number of amides is 2. The highest BCUT2D eigenvalue weighted by atomic mass is 19.3. The summed E-state index contributed by atoms with van der Waals surface area (Å²) >= 11 is 0. The van der Waals surface area contributed by atoms with E-state index in [2.05, 4.69) is 10.1 Å². The van der Waals surface area contributed by atoms with Crippen LogP contribution in [-0.2, 0) is 11.2 Å². The molecule has 0 bridgehead atoms. The van der Waals surface area contributed by atoms with Gasteiger partial charge in [0.25, 0.3) is 5.91 Å². The van der Waals surface area contributed by atoms with Crippen LogP contribution < -0.4 is 10.1 Å². The summed E-state index contributed by atoms with van der Waals surface area (Å²) in [5.74, 6) is -0.902. The fraction of sp³-hybridized carbons (Fsp3) is 0.364. The van der Waals surface area contributed by atoms with Gasteiger partial charge in [0, 0.05) is 25.6 Å². The molecule has 3 rings (SSSR count). The van der Waals surface area contributed by atoms with Gasteiger partial charge in [0.05, 0.1) is 5.56 Å². The van der Waals surface area contributed by atoms with Gasteiger partial charge in [-0.05, 0) is 49.1 Å². The predicted molar refractivity (Wildman–Crippen MR) is 105 cm³/mol. The molecule has 0 unspecified atom stereocenters. The summed E-state index contributed by atoms with van der Waals surface area (Å²) in [6.45, 7) is -1.97. The van der Waals surface area contributed by atoms with Crippen LogP contribution in [0.3, 0.4) is 0 Å². The molecule has 5 nitrogen and oxygen atoms in total. The number of rotatable bonds is 7. The van der Waals surface area contributed by atoms with Gasteiger partial charge in [-0.25, -0.2) is 4.39 Å². The van der Waals surface area contributed by atoms with Crippen molar-refractivity contribution in [3.63, 3.8) is 0 Å². The third-order valence-electron chi connectivity index (χ3n) is 5.04. The van der Waals surface area contributed by atoms with E-state index in [0.29, 0.717) is 32.4 Å². The maximum atomic E-state index is 13.8. The standard InChI is InChI=1S/C22H23F3N2O3/c23-19-4-2-1-3-18(19)21(29)27-13-11-16(12-14-27)26-20(28)10-7-15-5-8-17(9-6-15)30-22(24)25/h1-6,8-9,16,22H,7,10-14H2,(H,26,28). The molecule has 2 aromatic carbocycles. The number of ether oxygens (including phenoxy) is 1. The third-order valence-corrected chi connectivity index (χ3v) is 5.04. The molecule has 0 aliphatic carbocycles. The van der Waals surface area contributed by atoms with Crippen LogP contribution in [0.4, 0.5) is 13.2 Å². The number of nitrogens with one attached hydrogen (secondary N) is 1. The number of piperidine rings is 1. The van der Waals surface area contributed by atoms with Gasteiger partial charge in [-0.2, -0.15) is 8.78 Å². The second kappa shape index (κ2) is 10.1. The van der Waals surface area contributed by atoms with Crippen molar-refractivity contribution in [1.29, 1.82) is 0 Å². The van der Waals surface area contributed by atoms with Crippen molar-refractivity contribution in [3.05, 3.63) is 65.5 Å². The largest absolute Gasteiger partial charge is 0.435 e. The minimum absolute atomic E-state index is 0.0380. The summed E-state index contributed by atoms with van der Waals surface area (Å²) in [6.07, 6.45) is 1.95. The number of benzene rings is 2. The van der Waals surface area contributed by atoms with Gasteiger partial charge >= 0.3 is 6.61 Å². The average Bonchev–Trinajstić information content (AvgIpc) is 2.73. The molecule has 2 aromatic rings. The first-order valence-electron chi connectivity index (χ1n) is 9.79. The fourth-order valence-corrected chi connectivity index (χ4v) is 3.43. The zero-order valence-corrected chi connectivity index (χ0v) is 16.3. The van der Waals surface area contributed by atoms with E-state index in [1.807, 2.05) is 0 Å². The van der Waals surface area contributed by atoms with Crippen LogP contribution >= 0.6 is 0 Å². The van der Waals surface area contributed by atoms with E-state index in [0.717, 1.165) is 5.56 Å². The van der Waals surface area contributed by atoms with Crippen LogP contribution in [0.15, 0.2) is 48.5 Å². The van der Waals surface area contributed by atoms with Crippen molar-refractivity contribution in [2.24, 2.45) is 0 Å². The number of likely N-dealkylation sites (tertiary alicyclic amines) is 1. The van der Waals surface area contributed by atoms with E-state index >= 15 is 0 Å². The molecule has 160 valence electrons. The molecule has 0 saturated carbocycles. The molecule has 0 aromatic heterocycles. The highest BCUT2D eigenvalue weighted by Crippen LogP contribution is 2.17. The Labute approximate surface area is 172 Å². The Bertz CT molecular complexity index is 866. The highest BCUT2D eigenvalue weighted by Gasteiger charge is 2.25. The van der Waals surface area contributed by atoms with Gasteiger partial charge in [-0.1, -0.05) is 24.3 Å². The van der Waals surface area contributed by atoms with Crippen LogP contribution in [-0.4, -0.2) is 42.5 Å². The Morgan fingerprint density at radius 1 is 1.07 bits per heavy atom. The molecule has 0 spiro atoms. The quantitative estimate of drug-likeness (QED) is 0.742. The molecular formula is C22H23F3N2O3. The highest BCUT2D eigenvalue weighted by molar-refractivity contribution is 5.94. The van der Waals surface area contributed by atoms with Gasteiger partial charge in [-0.15, -0.1) is 0 Å². The lowest BCUT2D eigenvalue weighted by Gasteiger charge is -2.32. The molecule has 8 heteroatoms. The third kappa shape index (κ3) is 5.98. The Balaban J connectivity index is 1.41. The zero-order valence-electron chi connectivity index (χ0n) is 16.3. The molecule has 0 radical (unpaired) electrons. The van der Waals surface area contributed by atoms with E-state index in [1.54, 1.807) is 29.2 Å². The van der Waals surface area contributed by atoms with Gasteiger partial charge < -0.3 is 15.0 Å². The normalized spacial score (nSPS) is 14.6. The number of carbonyl (C=O) groups is 2. The monoisotopic (exact) mass is 420 g/mol. The fourth-order valence-electron chi connectivity index (χ4n) is 3.43. The van der Waals surface area contributed by atoms with Crippen LogP contribution in [0.1, 0.15) is 35.2 Å². The summed E-state index contributed by atoms with van der Waals surface area (Å²) in [6, 6.07) is 12.1. The maximum absolute atomic E-state index is 13.8. The van der Waals surface area contributed by atoms with E-state index < -0.39 is 12.4 Å². The van der Waals surface area contributed by atoms with Crippen molar-refractivity contribution in [2.75, 3.05) is 13.1 Å². The van der Waals surface area contributed by atoms with E-state index in [4.69, 9.17) is 0 Å². The van der Waals surface area contributed by atoms with Crippen LogP contribution in [0.25, 0.3) is 0 Å². The second-order valence-electron chi connectivity index (χ2n) is 7.14. The van der Waals surface area contributed by atoms with Crippen LogP contribution in [0.2, 0.25) is 0 Å². The van der Waals surface area contributed by atoms with E-state index in [9.17, 15) is 22.8 Å². The summed E-state index contributed by atoms with van der Waals surface area (Å²) < 4.78 is 42.4. The lowest BCUT2D eigenvalue weighted by atomic mass is 10.0. The van der Waals surface area contributed by atoms with Gasteiger partial charge in [0.1, 0.15) is 11.6 Å². The molecule has 1 heterocycles. The molecule has 30 heavy (non-hydrogen) atoms.